The zero-order chi connectivity index (χ0) is 19.3. The van der Waals surface area contributed by atoms with E-state index in [1.165, 1.54) is 10.9 Å². The Hall–Kier alpha value is -3.15. The molecule has 0 bridgehead atoms. The topological polar surface area (TPSA) is 67.2 Å². The molecule has 1 N–H and O–H groups in total. The third-order valence-corrected chi connectivity index (χ3v) is 5.22. The van der Waals surface area contributed by atoms with Gasteiger partial charge in [0, 0.05) is 37.8 Å². The normalized spacial score (nSPS) is 16.9. The van der Waals surface area contributed by atoms with Crippen LogP contribution < -0.4 is 10.9 Å². The van der Waals surface area contributed by atoms with E-state index in [1.807, 2.05) is 53.4 Å². The van der Waals surface area contributed by atoms with Crippen molar-refractivity contribution < 1.29 is 4.79 Å². The van der Waals surface area contributed by atoms with Gasteiger partial charge in [0.1, 0.15) is 0 Å². The van der Waals surface area contributed by atoms with E-state index in [9.17, 15) is 9.59 Å². The molecule has 2 heterocycles. The zero-order valence-electron chi connectivity index (χ0n) is 15.8. The van der Waals surface area contributed by atoms with E-state index in [-0.39, 0.29) is 17.5 Å². The van der Waals surface area contributed by atoms with Gasteiger partial charge in [-0.3, -0.25) is 14.2 Å². The number of hydrogen-bond acceptors (Lipinski definition) is 4. The van der Waals surface area contributed by atoms with E-state index in [0.717, 1.165) is 25.1 Å². The highest BCUT2D eigenvalue weighted by atomic mass is 16.2. The van der Waals surface area contributed by atoms with Crippen LogP contribution in [0.25, 0.3) is 10.9 Å². The number of carbonyl (C=O) groups excluding carboxylic acids is 1. The van der Waals surface area contributed by atoms with Crippen LogP contribution in [0.15, 0.2) is 65.7 Å². The van der Waals surface area contributed by atoms with E-state index in [2.05, 4.69) is 10.3 Å². The van der Waals surface area contributed by atoms with Crippen LogP contribution in [0.2, 0.25) is 0 Å². The number of para-hydroxylation sites is 2. The summed E-state index contributed by atoms with van der Waals surface area (Å²) in [6.07, 6.45) is 3.87. The Kier molecular flexibility index (Phi) is 5.37. The molecule has 1 fully saturated rings. The Balaban J connectivity index is 1.37. The second-order valence-corrected chi connectivity index (χ2v) is 7.20. The number of amides is 1. The fourth-order valence-electron chi connectivity index (χ4n) is 3.73. The maximum absolute atomic E-state index is 12.7. The minimum Gasteiger partial charge on any atom is -0.381 e. The molecule has 1 aromatic heterocycles. The van der Waals surface area contributed by atoms with E-state index < -0.39 is 0 Å². The zero-order valence-corrected chi connectivity index (χ0v) is 15.8. The molecular weight excluding hydrogens is 352 g/mol. The summed E-state index contributed by atoms with van der Waals surface area (Å²) in [4.78, 5) is 31.5. The molecule has 6 heteroatoms. The molecule has 1 aliphatic heterocycles. The lowest BCUT2D eigenvalue weighted by molar-refractivity contribution is -0.132. The van der Waals surface area contributed by atoms with Crippen molar-refractivity contribution in [1.82, 2.24) is 14.5 Å². The van der Waals surface area contributed by atoms with Gasteiger partial charge in [0.2, 0.25) is 5.91 Å². The van der Waals surface area contributed by atoms with Crippen LogP contribution in [0.3, 0.4) is 0 Å². The fourth-order valence-corrected chi connectivity index (χ4v) is 3.73. The Bertz CT molecular complexity index is 1020. The monoisotopic (exact) mass is 376 g/mol. The summed E-state index contributed by atoms with van der Waals surface area (Å²) in [5.41, 5.74) is 1.66. The lowest BCUT2D eigenvalue weighted by atomic mass is 10.0. The molecule has 3 aromatic rings. The first kappa shape index (κ1) is 18.2. The number of piperidine rings is 1. The van der Waals surface area contributed by atoms with E-state index in [0.29, 0.717) is 30.4 Å². The van der Waals surface area contributed by atoms with Crippen molar-refractivity contribution in [3.05, 3.63) is 71.3 Å². The van der Waals surface area contributed by atoms with Gasteiger partial charge in [-0.1, -0.05) is 30.3 Å². The Morgan fingerprint density at radius 3 is 2.75 bits per heavy atom. The van der Waals surface area contributed by atoms with Crippen LogP contribution in [-0.4, -0.2) is 39.5 Å². The van der Waals surface area contributed by atoms with Crippen LogP contribution in [0, 0.1) is 0 Å². The van der Waals surface area contributed by atoms with E-state index in [1.54, 1.807) is 6.07 Å². The van der Waals surface area contributed by atoms with Gasteiger partial charge in [-0.15, -0.1) is 0 Å². The van der Waals surface area contributed by atoms with Gasteiger partial charge < -0.3 is 10.2 Å². The number of likely N-dealkylation sites (tertiary alicyclic amines) is 1. The number of hydrogen-bond donors (Lipinski definition) is 1. The average Bonchev–Trinajstić information content (AvgIpc) is 2.74. The van der Waals surface area contributed by atoms with Gasteiger partial charge >= 0.3 is 0 Å². The van der Waals surface area contributed by atoms with Gasteiger partial charge in [-0.2, -0.15) is 0 Å². The molecule has 28 heavy (non-hydrogen) atoms. The highest BCUT2D eigenvalue weighted by Gasteiger charge is 2.23. The number of aryl methyl sites for hydroxylation is 1. The van der Waals surface area contributed by atoms with Gasteiger partial charge in [0.15, 0.2) is 0 Å². The maximum Gasteiger partial charge on any atom is 0.261 e. The minimum atomic E-state index is -0.0966. The van der Waals surface area contributed by atoms with Crippen molar-refractivity contribution in [3.8, 4) is 0 Å². The number of fused-ring (bicyclic) bond motifs is 1. The third kappa shape index (κ3) is 4.06. The summed E-state index contributed by atoms with van der Waals surface area (Å²) >= 11 is 0. The Labute approximate surface area is 163 Å². The van der Waals surface area contributed by atoms with Crippen molar-refractivity contribution in [2.75, 3.05) is 18.4 Å². The van der Waals surface area contributed by atoms with Gasteiger partial charge in [-0.05, 0) is 37.1 Å². The molecule has 1 amide bonds. The summed E-state index contributed by atoms with van der Waals surface area (Å²) in [7, 11) is 0. The standard InChI is InChI=1S/C22H24N4O2/c27-21(12-14-26-16-23-20-11-5-4-10-19(20)22(26)28)25-13-6-9-18(15-25)24-17-7-2-1-3-8-17/h1-5,7-8,10-11,16,18,24H,6,9,12-15H2/t18-/m0/s1. The van der Waals surface area contributed by atoms with Crippen molar-refractivity contribution in [2.45, 2.75) is 31.8 Å². The number of rotatable bonds is 5. The number of anilines is 1. The molecule has 1 saturated heterocycles. The number of carbonyl (C=O) groups is 1. The first-order valence-corrected chi connectivity index (χ1v) is 9.74. The van der Waals surface area contributed by atoms with Gasteiger partial charge in [0.05, 0.1) is 17.2 Å². The number of nitrogens with zero attached hydrogens (tertiary/aromatic N) is 3. The maximum atomic E-state index is 12.7. The second-order valence-electron chi connectivity index (χ2n) is 7.20. The highest BCUT2D eigenvalue weighted by Crippen LogP contribution is 2.16. The molecule has 2 aromatic carbocycles. The SMILES string of the molecule is O=C(CCn1cnc2ccccc2c1=O)N1CCC[C@H](Nc2ccccc2)C1. The van der Waals surface area contributed by atoms with E-state index >= 15 is 0 Å². The van der Waals surface area contributed by atoms with Gasteiger partial charge in [-0.25, -0.2) is 4.98 Å². The van der Waals surface area contributed by atoms with Crippen LogP contribution in [0.1, 0.15) is 19.3 Å². The third-order valence-electron chi connectivity index (χ3n) is 5.22. The van der Waals surface area contributed by atoms with Crippen molar-refractivity contribution in [3.63, 3.8) is 0 Å². The Morgan fingerprint density at radius 1 is 1.11 bits per heavy atom. The molecule has 0 spiro atoms. The molecule has 1 aliphatic rings. The Morgan fingerprint density at radius 2 is 1.89 bits per heavy atom. The number of aromatic nitrogens is 2. The summed E-state index contributed by atoms with van der Waals surface area (Å²) in [6.45, 7) is 1.82. The van der Waals surface area contributed by atoms with Gasteiger partial charge in [0.25, 0.3) is 5.56 Å². The first-order chi connectivity index (χ1) is 13.7. The predicted octanol–water partition coefficient (Wildman–Crippen LogP) is 2.89. The average molecular weight is 376 g/mol. The molecule has 0 aliphatic carbocycles. The quantitative estimate of drug-likeness (QED) is 0.744. The van der Waals surface area contributed by atoms with Crippen LogP contribution in [0.4, 0.5) is 5.69 Å². The van der Waals surface area contributed by atoms with E-state index in [4.69, 9.17) is 0 Å². The minimum absolute atomic E-state index is 0.0830. The lowest BCUT2D eigenvalue weighted by Crippen LogP contribution is -2.45. The molecule has 1 atom stereocenters. The summed E-state index contributed by atoms with van der Waals surface area (Å²) in [5.74, 6) is 0.0830. The molecule has 0 unspecified atom stereocenters. The second kappa shape index (κ2) is 8.25. The van der Waals surface area contributed by atoms with Crippen molar-refractivity contribution >= 4 is 22.5 Å². The molecule has 6 nitrogen and oxygen atoms in total. The summed E-state index contributed by atoms with van der Waals surface area (Å²) in [5, 5.41) is 4.10. The molecule has 4 rings (SSSR count). The first-order valence-electron chi connectivity index (χ1n) is 9.74. The number of nitrogens with one attached hydrogen (secondary N) is 1. The van der Waals surface area contributed by atoms with Crippen LogP contribution in [0.5, 0.6) is 0 Å². The van der Waals surface area contributed by atoms with Crippen molar-refractivity contribution in [2.24, 2.45) is 0 Å². The molecule has 0 radical (unpaired) electrons. The lowest BCUT2D eigenvalue weighted by Gasteiger charge is -2.34. The highest BCUT2D eigenvalue weighted by molar-refractivity contribution is 5.77. The molecule has 0 saturated carbocycles. The summed E-state index contributed by atoms with van der Waals surface area (Å²) in [6, 6.07) is 17.6. The summed E-state index contributed by atoms with van der Waals surface area (Å²) < 4.78 is 1.53. The van der Waals surface area contributed by atoms with Crippen LogP contribution >= 0.6 is 0 Å². The number of benzene rings is 2. The van der Waals surface area contributed by atoms with Crippen LogP contribution in [-0.2, 0) is 11.3 Å². The molecular formula is C22H24N4O2. The fraction of sp³-hybridized carbons (Fsp3) is 0.318. The predicted molar refractivity (Wildman–Crippen MR) is 110 cm³/mol. The molecule has 144 valence electrons. The largest absolute Gasteiger partial charge is 0.381 e. The smallest absolute Gasteiger partial charge is 0.261 e. The van der Waals surface area contributed by atoms with Crippen molar-refractivity contribution in [1.29, 1.82) is 0 Å².